The van der Waals surface area contributed by atoms with E-state index in [9.17, 15) is 4.79 Å². The summed E-state index contributed by atoms with van der Waals surface area (Å²) in [6, 6.07) is 21.9. The molecule has 0 radical (unpaired) electrons. The molecule has 0 saturated heterocycles. The van der Waals surface area contributed by atoms with Gasteiger partial charge in [0, 0.05) is 11.4 Å². The van der Waals surface area contributed by atoms with E-state index in [1.54, 1.807) is 0 Å². The van der Waals surface area contributed by atoms with E-state index >= 15 is 0 Å². The van der Waals surface area contributed by atoms with Crippen LogP contribution in [0.15, 0.2) is 66.7 Å². The number of benzene rings is 2. The lowest BCUT2D eigenvalue weighted by Crippen LogP contribution is -2.07. The lowest BCUT2D eigenvalue weighted by atomic mass is 10.1. The molecule has 0 spiro atoms. The maximum atomic E-state index is 12.4. The second-order valence-electron chi connectivity index (χ2n) is 5.31. The minimum Gasteiger partial charge on any atom is -0.462 e. The molecule has 0 N–H and O–H groups in total. The number of hydrogen-bond donors (Lipinski definition) is 0. The molecule has 0 atom stereocenters. The van der Waals surface area contributed by atoms with Crippen molar-refractivity contribution in [3.63, 3.8) is 0 Å². The molecular formula is C20H19NO2. The Bertz CT molecular complexity index is 804. The summed E-state index contributed by atoms with van der Waals surface area (Å²) < 4.78 is 7.34. The smallest absolute Gasteiger partial charge is 0.340 e. The Balaban J connectivity index is 2.26. The van der Waals surface area contributed by atoms with Crippen LogP contribution in [0.4, 0.5) is 0 Å². The first-order valence-electron chi connectivity index (χ1n) is 7.72. The van der Waals surface area contributed by atoms with Gasteiger partial charge in [0.15, 0.2) is 0 Å². The summed E-state index contributed by atoms with van der Waals surface area (Å²) in [6.45, 7) is 4.19. The third-order valence-corrected chi connectivity index (χ3v) is 3.74. The van der Waals surface area contributed by atoms with E-state index in [0.717, 1.165) is 22.6 Å². The van der Waals surface area contributed by atoms with Crippen LogP contribution in [-0.4, -0.2) is 17.1 Å². The zero-order chi connectivity index (χ0) is 16.2. The lowest BCUT2D eigenvalue weighted by Gasteiger charge is -2.13. The molecule has 3 nitrogen and oxygen atoms in total. The molecule has 0 aliphatic heterocycles. The van der Waals surface area contributed by atoms with Gasteiger partial charge in [0.05, 0.1) is 17.9 Å². The third-order valence-electron chi connectivity index (χ3n) is 3.74. The number of rotatable bonds is 4. The molecule has 0 bridgehead atoms. The largest absolute Gasteiger partial charge is 0.462 e. The summed E-state index contributed by atoms with van der Waals surface area (Å²) in [5.41, 5.74) is 4.48. The molecule has 0 saturated carbocycles. The third kappa shape index (κ3) is 2.90. The van der Waals surface area contributed by atoms with Crippen molar-refractivity contribution >= 4 is 5.97 Å². The Labute approximate surface area is 136 Å². The highest BCUT2D eigenvalue weighted by molar-refractivity contribution is 5.97. The van der Waals surface area contributed by atoms with E-state index in [0.29, 0.717) is 12.2 Å². The van der Waals surface area contributed by atoms with Crippen molar-refractivity contribution in [2.75, 3.05) is 6.61 Å². The monoisotopic (exact) mass is 305 g/mol. The fourth-order valence-corrected chi connectivity index (χ4v) is 2.79. The van der Waals surface area contributed by atoms with Crippen LogP contribution < -0.4 is 0 Å². The van der Waals surface area contributed by atoms with Crippen molar-refractivity contribution in [3.8, 4) is 16.9 Å². The van der Waals surface area contributed by atoms with Gasteiger partial charge >= 0.3 is 5.97 Å². The normalized spacial score (nSPS) is 10.5. The molecule has 23 heavy (non-hydrogen) atoms. The van der Waals surface area contributed by atoms with Crippen LogP contribution in [0.25, 0.3) is 16.9 Å². The van der Waals surface area contributed by atoms with Gasteiger partial charge in [0.1, 0.15) is 0 Å². The standard InChI is InChI=1S/C20H19NO2/c1-3-23-20(22)18-14-15(2)21(17-12-8-5-9-13-17)19(18)16-10-6-4-7-11-16/h4-14H,3H2,1-2H3. The molecule has 3 heteroatoms. The van der Waals surface area contributed by atoms with Crippen molar-refractivity contribution in [1.82, 2.24) is 4.57 Å². The van der Waals surface area contributed by atoms with Crippen LogP contribution in [0.2, 0.25) is 0 Å². The molecular weight excluding hydrogens is 286 g/mol. The molecule has 2 aromatic carbocycles. The predicted octanol–water partition coefficient (Wildman–Crippen LogP) is 4.63. The number of aryl methyl sites for hydroxylation is 1. The highest BCUT2D eigenvalue weighted by Crippen LogP contribution is 2.31. The van der Waals surface area contributed by atoms with Gasteiger partial charge in [-0.15, -0.1) is 0 Å². The van der Waals surface area contributed by atoms with Crippen LogP contribution in [0, 0.1) is 6.92 Å². The molecule has 0 aliphatic rings. The highest BCUT2D eigenvalue weighted by Gasteiger charge is 2.21. The van der Waals surface area contributed by atoms with E-state index in [2.05, 4.69) is 4.57 Å². The van der Waals surface area contributed by atoms with Gasteiger partial charge in [-0.25, -0.2) is 4.79 Å². The number of nitrogens with zero attached hydrogens (tertiary/aromatic N) is 1. The topological polar surface area (TPSA) is 31.2 Å². The number of ether oxygens (including phenoxy) is 1. The van der Waals surface area contributed by atoms with E-state index in [4.69, 9.17) is 4.74 Å². The molecule has 0 fully saturated rings. The van der Waals surface area contributed by atoms with Gasteiger partial charge in [0.25, 0.3) is 0 Å². The molecule has 116 valence electrons. The van der Waals surface area contributed by atoms with E-state index in [-0.39, 0.29) is 5.97 Å². The summed E-state index contributed by atoms with van der Waals surface area (Å²) in [5, 5.41) is 0. The Morgan fingerprint density at radius 3 is 2.22 bits per heavy atom. The van der Waals surface area contributed by atoms with Crippen molar-refractivity contribution in [2.24, 2.45) is 0 Å². The second-order valence-corrected chi connectivity index (χ2v) is 5.31. The van der Waals surface area contributed by atoms with Gasteiger partial charge < -0.3 is 9.30 Å². The van der Waals surface area contributed by atoms with Crippen LogP contribution in [0.5, 0.6) is 0 Å². The number of carbonyl (C=O) groups excluding carboxylic acids is 1. The van der Waals surface area contributed by atoms with Crippen molar-refractivity contribution in [1.29, 1.82) is 0 Å². The van der Waals surface area contributed by atoms with Crippen molar-refractivity contribution in [2.45, 2.75) is 13.8 Å². The van der Waals surface area contributed by atoms with Gasteiger partial charge in [-0.1, -0.05) is 48.5 Å². The van der Waals surface area contributed by atoms with E-state index in [1.807, 2.05) is 80.6 Å². The fourth-order valence-electron chi connectivity index (χ4n) is 2.79. The predicted molar refractivity (Wildman–Crippen MR) is 91.9 cm³/mol. The fraction of sp³-hybridized carbons (Fsp3) is 0.150. The Kier molecular flexibility index (Phi) is 4.29. The van der Waals surface area contributed by atoms with Crippen LogP contribution in [-0.2, 0) is 4.74 Å². The zero-order valence-corrected chi connectivity index (χ0v) is 13.3. The number of para-hydroxylation sites is 1. The minimum absolute atomic E-state index is 0.288. The van der Waals surface area contributed by atoms with Gasteiger partial charge in [-0.2, -0.15) is 0 Å². The van der Waals surface area contributed by atoms with E-state index in [1.165, 1.54) is 0 Å². The minimum atomic E-state index is -0.288. The van der Waals surface area contributed by atoms with Crippen molar-refractivity contribution < 1.29 is 9.53 Å². The average molecular weight is 305 g/mol. The first-order chi connectivity index (χ1) is 11.2. The summed E-state index contributed by atoms with van der Waals surface area (Å²) in [4.78, 5) is 12.4. The van der Waals surface area contributed by atoms with Crippen LogP contribution in [0.1, 0.15) is 23.0 Å². The maximum Gasteiger partial charge on any atom is 0.340 e. The van der Waals surface area contributed by atoms with Crippen LogP contribution in [0.3, 0.4) is 0 Å². The molecule has 0 unspecified atom stereocenters. The maximum absolute atomic E-state index is 12.4. The SMILES string of the molecule is CCOC(=O)c1cc(C)n(-c2ccccc2)c1-c1ccccc1. The van der Waals surface area contributed by atoms with Gasteiger partial charge in [-0.05, 0) is 37.6 Å². The molecule has 3 rings (SSSR count). The Morgan fingerprint density at radius 2 is 1.61 bits per heavy atom. The Morgan fingerprint density at radius 1 is 1.00 bits per heavy atom. The first kappa shape index (κ1) is 15.1. The quantitative estimate of drug-likeness (QED) is 0.658. The average Bonchev–Trinajstić information content (AvgIpc) is 2.94. The van der Waals surface area contributed by atoms with E-state index < -0.39 is 0 Å². The first-order valence-corrected chi connectivity index (χ1v) is 7.72. The van der Waals surface area contributed by atoms with Gasteiger partial charge in [-0.3, -0.25) is 0 Å². The van der Waals surface area contributed by atoms with Gasteiger partial charge in [0.2, 0.25) is 0 Å². The molecule has 1 aromatic heterocycles. The summed E-state index contributed by atoms with van der Waals surface area (Å²) in [6.07, 6.45) is 0. The molecule has 0 aliphatic carbocycles. The number of hydrogen-bond acceptors (Lipinski definition) is 2. The molecule has 1 heterocycles. The number of carbonyl (C=O) groups is 1. The van der Waals surface area contributed by atoms with Crippen LogP contribution >= 0.6 is 0 Å². The second kappa shape index (κ2) is 6.53. The number of aromatic nitrogens is 1. The Hall–Kier alpha value is -2.81. The summed E-state index contributed by atoms with van der Waals surface area (Å²) in [7, 11) is 0. The lowest BCUT2D eigenvalue weighted by molar-refractivity contribution is 0.0527. The zero-order valence-electron chi connectivity index (χ0n) is 13.3. The molecule has 0 amide bonds. The summed E-state index contributed by atoms with van der Waals surface area (Å²) in [5.74, 6) is -0.288. The summed E-state index contributed by atoms with van der Waals surface area (Å²) >= 11 is 0. The molecule has 3 aromatic rings. The highest BCUT2D eigenvalue weighted by atomic mass is 16.5. The number of esters is 1. The van der Waals surface area contributed by atoms with Crippen molar-refractivity contribution in [3.05, 3.63) is 78.0 Å².